The van der Waals surface area contributed by atoms with Crippen LogP contribution in [0.15, 0.2) is 60.8 Å². The summed E-state index contributed by atoms with van der Waals surface area (Å²) in [6, 6.07) is 16.0. The van der Waals surface area contributed by atoms with Crippen molar-refractivity contribution >= 4 is 5.91 Å². The van der Waals surface area contributed by atoms with Crippen LogP contribution in [0.25, 0.3) is 5.69 Å². The Morgan fingerprint density at radius 1 is 1.03 bits per heavy atom. The predicted molar refractivity (Wildman–Crippen MR) is 114 cm³/mol. The molecule has 2 heterocycles. The zero-order valence-electron chi connectivity index (χ0n) is 17.1. The Labute approximate surface area is 175 Å². The molecule has 2 aromatic carbocycles. The predicted octanol–water partition coefficient (Wildman–Crippen LogP) is 2.69. The number of hydrogen-bond donors (Lipinski definition) is 1. The Balaban J connectivity index is 1.34. The van der Waals surface area contributed by atoms with Gasteiger partial charge in [0.1, 0.15) is 5.82 Å². The lowest BCUT2D eigenvalue weighted by Crippen LogP contribution is -2.43. The SMILES string of the molecule is CN1CCN(Cc2cccc(CNC(=O)c3ccn(-c4cccc(F)c4)n3)c2)CC1. The van der Waals surface area contributed by atoms with Crippen LogP contribution in [0.3, 0.4) is 0 Å². The Morgan fingerprint density at radius 2 is 1.80 bits per heavy atom. The van der Waals surface area contributed by atoms with Crippen molar-refractivity contribution in [3.8, 4) is 5.69 Å². The van der Waals surface area contributed by atoms with E-state index in [1.54, 1.807) is 24.4 Å². The van der Waals surface area contributed by atoms with E-state index in [4.69, 9.17) is 0 Å². The standard InChI is InChI=1S/C23H26FN5O/c1-27-10-12-28(13-11-27)17-19-5-2-4-18(14-19)16-25-23(30)22-8-9-29(26-22)21-7-3-6-20(24)15-21/h2-9,14-15H,10-13,16-17H2,1H3,(H,25,30). The van der Waals surface area contributed by atoms with Crippen molar-refractivity contribution in [2.45, 2.75) is 13.1 Å². The highest BCUT2D eigenvalue weighted by Crippen LogP contribution is 2.12. The quantitative estimate of drug-likeness (QED) is 0.683. The molecule has 156 valence electrons. The van der Waals surface area contributed by atoms with E-state index >= 15 is 0 Å². The van der Waals surface area contributed by atoms with Gasteiger partial charge in [0.05, 0.1) is 5.69 Å². The first-order valence-corrected chi connectivity index (χ1v) is 10.2. The summed E-state index contributed by atoms with van der Waals surface area (Å²) in [6.07, 6.45) is 1.65. The molecule has 0 atom stereocenters. The highest BCUT2D eigenvalue weighted by atomic mass is 19.1. The van der Waals surface area contributed by atoms with E-state index in [0.29, 0.717) is 17.9 Å². The number of halogens is 1. The zero-order chi connectivity index (χ0) is 20.9. The summed E-state index contributed by atoms with van der Waals surface area (Å²) in [5, 5.41) is 7.18. The lowest BCUT2D eigenvalue weighted by Gasteiger charge is -2.32. The summed E-state index contributed by atoms with van der Waals surface area (Å²) in [4.78, 5) is 17.3. The van der Waals surface area contributed by atoms with Gasteiger partial charge in [0.25, 0.3) is 5.91 Å². The molecule has 7 heteroatoms. The molecule has 0 spiro atoms. The minimum atomic E-state index is -0.342. The first kappa shape index (κ1) is 20.3. The van der Waals surface area contributed by atoms with Gasteiger partial charge in [-0.05, 0) is 42.4 Å². The molecule has 4 rings (SSSR count). The van der Waals surface area contributed by atoms with Crippen LogP contribution in [0.5, 0.6) is 0 Å². The minimum absolute atomic E-state index is 0.255. The number of rotatable bonds is 6. The lowest BCUT2D eigenvalue weighted by atomic mass is 10.1. The van der Waals surface area contributed by atoms with E-state index in [-0.39, 0.29) is 11.7 Å². The normalized spacial score (nSPS) is 15.3. The van der Waals surface area contributed by atoms with Gasteiger partial charge in [-0.3, -0.25) is 9.69 Å². The fourth-order valence-corrected chi connectivity index (χ4v) is 3.58. The van der Waals surface area contributed by atoms with Gasteiger partial charge in [-0.1, -0.05) is 30.3 Å². The van der Waals surface area contributed by atoms with Crippen LogP contribution in [0.1, 0.15) is 21.6 Å². The van der Waals surface area contributed by atoms with Gasteiger partial charge >= 0.3 is 0 Å². The van der Waals surface area contributed by atoms with E-state index in [9.17, 15) is 9.18 Å². The monoisotopic (exact) mass is 407 g/mol. The fraction of sp³-hybridized carbons (Fsp3) is 0.304. The molecule has 6 nitrogen and oxygen atoms in total. The zero-order valence-corrected chi connectivity index (χ0v) is 17.1. The number of carbonyl (C=O) groups excluding carboxylic acids is 1. The number of nitrogens with one attached hydrogen (secondary N) is 1. The van der Waals surface area contributed by atoms with Crippen LogP contribution in [-0.4, -0.2) is 58.7 Å². The molecule has 0 unspecified atom stereocenters. The first-order valence-electron chi connectivity index (χ1n) is 10.2. The summed E-state index contributed by atoms with van der Waals surface area (Å²) in [5.74, 6) is -0.597. The maximum Gasteiger partial charge on any atom is 0.272 e. The third-order valence-electron chi connectivity index (χ3n) is 5.34. The molecule has 1 amide bonds. The largest absolute Gasteiger partial charge is 0.347 e. The number of carbonyl (C=O) groups is 1. The summed E-state index contributed by atoms with van der Waals surface area (Å²) in [5.41, 5.74) is 3.18. The second-order valence-corrected chi connectivity index (χ2v) is 7.71. The highest BCUT2D eigenvalue weighted by molar-refractivity contribution is 5.92. The minimum Gasteiger partial charge on any atom is -0.347 e. The van der Waals surface area contributed by atoms with Gasteiger partial charge in [0.15, 0.2) is 5.69 Å². The number of hydrogen-bond acceptors (Lipinski definition) is 4. The molecule has 1 saturated heterocycles. The van der Waals surface area contributed by atoms with Crippen LogP contribution in [-0.2, 0) is 13.1 Å². The number of amides is 1. The van der Waals surface area contributed by atoms with Crippen LogP contribution >= 0.6 is 0 Å². The summed E-state index contributed by atoms with van der Waals surface area (Å²) >= 11 is 0. The number of likely N-dealkylation sites (N-methyl/N-ethyl adjacent to an activating group) is 1. The Morgan fingerprint density at radius 3 is 2.60 bits per heavy atom. The van der Waals surface area contributed by atoms with Gasteiger partial charge in [0.2, 0.25) is 0 Å². The van der Waals surface area contributed by atoms with Gasteiger partial charge < -0.3 is 10.2 Å². The smallest absolute Gasteiger partial charge is 0.272 e. The van der Waals surface area contributed by atoms with Gasteiger partial charge in [-0.2, -0.15) is 5.10 Å². The van der Waals surface area contributed by atoms with E-state index in [2.05, 4.69) is 39.4 Å². The van der Waals surface area contributed by atoms with Crippen LogP contribution < -0.4 is 5.32 Å². The average molecular weight is 407 g/mol. The molecule has 0 radical (unpaired) electrons. The van der Waals surface area contributed by atoms with E-state index < -0.39 is 0 Å². The number of piperazine rings is 1. The first-order chi connectivity index (χ1) is 14.6. The van der Waals surface area contributed by atoms with E-state index in [0.717, 1.165) is 38.3 Å². The number of benzene rings is 2. The molecule has 1 aliphatic rings. The highest BCUT2D eigenvalue weighted by Gasteiger charge is 2.14. The molecular weight excluding hydrogens is 381 g/mol. The average Bonchev–Trinajstić information content (AvgIpc) is 3.25. The summed E-state index contributed by atoms with van der Waals surface area (Å²) in [7, 11) is 2.15. The molecule has 30 heavy (non-hydrogen) atoms. The number of aromatic nitrogens is 2. The van der Waals surface area contributed by atoms with Crippen molar-refractivity contribution in [2.75, 3.05) is 33.2 Å². The van der Waals surface area contributed by atoms with Crippen LogP contribution in [0, 0.1) is 5.82 Å². The van der Waals surface area contributed by atoms with Gasteiger partial charge in [-0.25, -0.2) is 9.07 Å². The number of nitrogens with zero attached hydrogens (tertiary/aromatic N) is 4. The molecule has 0 saturated carbocycles. The van der Waals surface area contributed by atoms with E-state index in [1.807, 2.05) is 12.1 Å². The molecule has 3 aromatic rings. The van der Waals surface area contributed by atoms with Crippen molar-refractivity contribution in [3.05, 3.63) is 83.4 Å². The Kier molecular flexibility index (Phi) is 6.21. The molecule has 1 N–H and O–H groups in total. The van der Waals surface area contributed by atoms with Crippen LogP contribution in [0.4, 0.5) is 4.39 Å². The van der Waals surface area contributed by atoms with E-state index in [1.165, 1.54) is 22.4 Å². The van der Waals surface area contributed by atoms with Gasteiger partial charge in [-0.15, -0.1) is 0 Å². The molecule has 0 aliphatic carbocycles. The van der Waals surface area contributed by atoms with Crippen LogP contribution in [0.2, 0.25) is 0 Å². The third kappa shape index (κ3) is 5.11. The van der Waals surface area contributed by atoms with Crippen molar-refractivity contribution < 1.29 is 9.18 Å². The molecule has 0 bridgehead atoms. The fourth-order valence-electron chi connectivity index (χ4n) is 3.58. The second kappa shape index (κ2) is 9.19. The Bertz CT molecular complexity index is 1010. The maximum atomic E-state index is 13.4. The topological polar surface area (TPSA) is 53.4 Å². The molecule has 1 fully saturated rings. The Hall–Kier alpha value is -3.03. The van der Waals surface area contributed by atoms with Crippen molar-refractivity contribution in [1.29, 1.82) is 0 Å². The second-order valence-electron chi connectivity index (χ2n) is 7.71. The van der Waals surface area contributed by atoms with Crippen molar-refractivity contribution in [2.24, 2.45) is 0 Å². The molecular formula is C23H26FN5O. The summed E-state index contributed by atoms with van der Waals surface area (Å²) in [6.45, 7) is 5.70. The summed E-state index contributed by atoms with van der Waals surface area (Å²) < 4.78 is 14.9. The molecule has 1 aliphatic heterocycles. The van der Waals surface area contributed by atoms with Crippen molar-refractivity contribution in [1.82, 2.24) is 24.9 Å². The maximum absolute atomic E-state index is 13.4. The molecule has 1 aromatic heterocycles. The lowest BCUT2D eigenvalue weighted by molar-refractivity contribution is 0.0945. The van der Waals surface area contributed by atoms with Crippen molar-refractivity contribution in [3.63, 3.8) is 0 Å². The van der Waals surface area contributed by atoms with Gasteiger partial charge in [0, 0.05) is 45.5 Å². The third-order valence-corrected chi connectivity index (χ3v) is 5.34.